The minimum Gasteiger partial charge on any atom is -0.497 e. The van der Waals surface area contributed by atoms with Crippen molar-refractivity contribution in [2.75, 3.05) is 72.1 Å². The summed E-state index contributed by atoms with van der Waals surface area (Å²) in [5, 5.41) is 12.0. The van der Waals surface area contributed by atoms with Gasteiger partial charge in [-0.25, -0.2) is 0 Å². The molecule has 0 radical (unpaired) electrons. The second-order valence-corrected chi connectivity index (χ2v) is 7.23. The van der Waals surface area contributed by atoms with Crippen LogP contribution in [0, 0.1) is 0 Å². The zero-order valence-electron chi connectivity index (χ0n) is 18.5. The van der Waals surface area contributed by atoms with Gasteiger partial charge in [0.2, 0.25) is 5.91 Å². The number of anilines is 1. The lowest BCUT2D eigenvalue weighted by molar-refractivity contribution is -0.130. The zero-order valence-corrected chi connectivity index (χ0v) is 18.5. The highest BCUT2D eigenvalue weighted by Gasteiger charge is 2.20. The third-order valence-corrected chi connectivity index (χ3v) is 5.27. The molecular weight excluding hydrogens is 398 g/mol. The lowest BCUT2D eigenvalue weighted by atomic mass is 10.1. The molecule has 1 amide bonds. The van der Waals surface area contributed by atoms with Gasteiger partial charge in [0.1, 0.15) is 11.5 Å². The van der Waals surface area contributed by atoms with Gasteiger partial charge in [0, 0.05) is 51.5 Å². The molecule has 2 heterocycles. The molecule has 168 valence electrons. The first-order valence-electron chi connectivity index (χ1n) is 10.4. The number of hydrogen-bond donors (Lipinski definition) is 1. The number of nitrogens with zero attached hydrogens (tertiary/aromatic N) is 4. The van der Waals surface area contributed by atoms with Crippen LogP contribution in [0.4, 0.5) is 5.82 Å². The van der Waals surface area contributed by atoms with Crippen LogP contribution < -0.4 is 19.7 Å². The number of amides is 1. The standard InChI is InChI=1S/C22H31N5O4/c1-29-14-9-23-16-22(28)27-11-4-10-26(12-13-27)21-8-7-19(24-25-21)18-6-5-17(30-2)15-20(18)31-3/h5-8,15,23H,4,9-14,16H2,1-3H3. The van der Waals surface area contributed by atoms with E-state index in [1.807, 2.05) is 35.2 Å². The van der Waals surface area contributed by atoms with Gasteiger partial charge >= 0.3 is 0 Å². The summed E-state index contributed by atoms with van der Waals surface area (Å²) in [5.74, 6) is 2.34. The molecule has 1 fully saturated rings. The van der Waals surface area contributed by atoms with Gasteiger partial charge in [-0.2, -0.15) is 0 Å². The van der Waals surface area contributed by atoms with Crippen molar-refractivity contribution in [3.8, 4) is 22.8 Å². The molecular formula is C22H31N5O4. The Hall–Kier alpha value is -2.91. The Labute approximate surface area is 183 Å². The monoisotopic (exact) mass is 429 g/mol. The van der Waals surface area contributed by atoms with Crippen molar-refractivity contribution in [1.29, 1.82) is 0 Å². The largest absolute Gasteiger partial charge is 0.497 e. The molecule has 0 saturated carbocycles. The Bertz CT molecular complexity index is 846. The summed E-state index contributed by atoms with van der Waals surface area (Å²) in [6.07, 6.45) is 0.888. The average Bonchev–Trinajstić information content (AvgIpc) is 3.08. The van der Waals surface area contributed by atoms with Crippen LogP contribution in [0.5, 0.6) is 11.5 Å². The van der Waals surface area contributed by atoms with Crippen molar-refractivity contribution < 1.29 is 19.0 Å². The van der Waals surface area contributed by atoms with E-state index in [2.05, 4.69) is 20.4 Å². The van der Waals surface area contributed by atoms with E-state index in [0.29, 0.717) is 32.0 Å². The van der Waals surface area contributed by atoms with E-state index in [4.69, 9.17) is 14.2 Å². The second kappa shape index (κ2) is 11.5. The summed E-state index contributed by atoms with van der Waals surface area (Å²) in [5.41, 5.74) is 1.59. The molecule has 31 heavy (non-hydrogen) atoms. The summed E-state index contributed by atoms with van der Waals surface area (Å²) >= 11 is 0. The summed E-state index contributed by atoms with van der Waals surface area (Å²) in [7, 11) is 4.89. The third-order valence-electron chi connectivity index (χ3n) is 5.27. The Morgan fingerprint density at radius 3 is 2.61 bits per heavy atom. The molecule has 9 heteroatoms. The molecule has 3 rings (SSSR count). The average molecular weight is 430 g/mol. The van der Waals surface area contributed by atoms with Gasteiger partial charge in [0.05, 0.1) is 33.1 Å². The number of rotatable bonds is 9. The van der Waals surface area contributed by atoms with Crippen LogP contribution in [0.3, 0.4) is 0 Å². The van der Waals surface area contributed by atoms with Crippen LogP contribution in [0.25, 0.3) is 11.3 Å². The van der Waals surface area contributed by atoms with Gasteiger partial charge in [-0.1, -0.05) is 0 Å². The van der Waals surface area contributed by atoms with Gasteiger partial charge in [-0.05, 0) is 30.7 Å². The summed E-state index contributed by atoms with van der Waals surface area (Å²) in [6, 6.07) is 9.53. The Kier molecular flexibility index (Phi) is 8.43. The zero-order chi connectivity index (χ0) is 22.1. The van der Waals surface area contributed by atoms with Crippen LogP contribution >= 0.6 is 0 Å². The predicted octanol–water partition coefficient (Wildman–Crippen LogP) is 1.44. The number of benzene rings is 1. The number of carbonyl (C=O) groups is 1. The molecule has 1 aromatic heterocycles. The van der Waals surface area contributed by atoms with Gasteiger partial charge in [-0.3, -0.25) is 4.79 Å². The van der Waals surface area contributed by atoms with E-state index < -0.39 is 0 Å². The highest BCUT2D eigenvalue weighted by atomic mass is 16.5. The smallest absolute Gasteiger partial charge is 0.236 e. The van der Waals surface area contributed by atoms with Crippen molar-refractivity contribution in [3.63, 3.8) is 0 Å². The highest BCUT2D eigenvalue weighted by Crippen LogP contribution is 2.32. The SMILES string of the molecule is COCCNCC(=O)N1CCCN(c2ccc(-c3ccc(OC)cc3OC)nn2)CC1. The van der Waals surface area contributed by atoms with Crippen LogP contribution in [0.2, 0.25) is 0 Å². The summed E-state index contributed by atoms with van der Waals surface area (Å²) in [6.45, 7) is 4.57. The minimum atomic E-state index is 0.117. The molecule has 1 aliphatic heterocycles. The van der Waals surface area contributed by atoms with E-state index >= 15 is 0 Å². The first-order valence-corrected chi connectivity index (χ1v) is 10.4. The lowest BCUT2D eigenvalue weighted by Gasteiger charge is -2.22. The molecule has 2 aromatic rings. The Morgan fingerprint density at radius 1 is 1.03 bits per heavy atom. The molecule has 1 aliphatic rings. The molecule has 0 bridgehead atoms. The number of hydrogen-bond acceptors (Lipinski definition) is 8. The second-order valence-electron chi connectivity index (χ2n) is 7.23. The minimum absolute atomic E-state index is 0.117. The van der Waals surface area contributed by atoms with Crippen molar-refractivity contribution in [3.05, 3.63) is 30.3 Å². The summed E-state index contributed by atoms with van der Waals surface area (Å²) < 4.78 is 15.7. The maximum atomic E-state index is 12.4. The van der Waals surface area contributed by atoms with Crippen molar-refractivity contribution in [1.82, 2.24) is 20.4 Å². The number of carbonyl (C=O) groups excluding carboxylic acids is 1. The first kappa shape index (κ1) is 22.8. The van der Waals surface area contributed by atoms with Crippen LogP contribution in [-0.2, 0) is 9.53 Å². The van der Waals surface area contributed by atoms with Gasteiger partial charge < -0.3 is 29.3 Å². The fourth-order valence-corrected chi connectivity index (χ4v) is 3.52. The number of nitrogens with one attached hydrogen (secondary N) is 1. The van der Waals surface area contributed by atoms with Crippen molar-refractivity contribution >= 4 is 11.7 Å². The van der Waals surface area contributed by atoms with Crippen molar-refractivity contribution in [2.45, 2.75) is 6.42 Å². The third kappa shape index (κ3) is 6.05. The molecule has 1 saturated heterocycles. The summed E-state index contributed by atoms with van der Waals surface area (Å²) in [4.78, 5) is 16.5. The molecule has 0 spiro atoms. The topological polar surface area (TPSA) is 89.1 Å². The fraction of sp³-hybridized carbons (Fsp3) is 0.500. The fourth-order valence-electron chi connectivity index (χ4n) is 3.52. The highest BCUT2D eigenvalue weighted by molar-refractivity contribution is 5.78. The van der Waals surface area contributed by atoms with Crippen LogP contribution in [-0.4, -0.2) is 88.2 Å². The molecule has 1 aromatic carbocycles. The molecule has 9 nitrogen and oxygen atoms in total. The molecule has 0 aliphatic carbocycles. The number of aromatic nitrogens is 2. The normalized spacial score (nSPS) is 14.3. The van der Waals surface area contributed by atoms with Crippen molar-refractivity contribution in [2.24, 2.45) is 0 Å². The number of methoxy groups -OCH3 is 3. The Balaban J connectivity index is 1.61. The molecule has 0 atom stereocenters. The van der Waals surface area contributed by atoms with Gasteiger partial charge in [0.15, 0.2) is 5.82 Å². The van der Waals surface area contributed by atoms with E-state index in [-0.39, 0.29) is 5.91 Å². The lowest BCUT2D eigenvalue weighted by Crippen LogP contribution is -2.41. The van der Waals surface area contributed by atoms with Gasteiger partial charge in [-0.15, -0.1) is 10.2 Å². The quantitative estimate of drug-likeness (QED) is 0.599. The van der Waals surface area contributed by atoms with E-state index in [0.717, 1.165) is 48.9 Å². The van der Waals surface area contributed by atoms with Crippen LogP contribution in [0.15, 0.2) is 30.3 Å². The maximum Gasteiger partial charge on any atom is 0.236 e. The Morgan fingerprint density at radius 2 is 1.90 bits per heavy atom. The van der Waals surface area contributed by atoms with Gasteiger partial charge in [0.25, 0.3) is 0 Å². The predicted molar refractivity (Wildman–Crippen MR) is 119 cm³/mol. The van der Waals surface area contributed by atoms with Crippen LogP contribution in [0.1, 0.15) is 6.42 Å². The van der Waals surface area contributed by atoms with E-state index in [9.17, 15) is 4.79 Å². The van der Waals surface area contributed by atoms with E-state index in [1.165, 1.54) is 0 Å². The first-order chi connectivity index (χ1) is 15.2. The molecule has 0 unspecified atom stereocenters. The number of ether oxygens (including phenoxy) is 3. The van der Waals surface area contributed by atoms with E-state index in [1.54, 1.807) is 21.3 Å². The molecule has 1 N–H and O–H groups in total. The maximum absolute atomic E-state index is 12.4.